The molecule has 1 aliphatic rings. The highest BCUT2D eigenvalue weighted by molar-refractivity contribution is 7.71. The van der Waals surface area contributed by atoms with Crippen molar-refractivity contribution in [1.82, 2.24) is 14.9 Å². The van der Waals surface area contributed by atoms with Gasteiger partial charge in [0.2, 0.25) is 5.88 Å². The van der Waals surface area contributed by atoms with E-state index in [9.17, 15) is 9.90 Å². The molecule has 140 valence electrons. The maximum atomic E-state index is 12.6. The van der Waals surface area contributed by atoms with E-state index in [1.54, 1.807) is 20.3 Å². The summed E-state index contributed by atoms with van der Waals surface area (Å²) in [5.74, 6) is 0.788. The molecule has 1 aromatic carbocycles. The highest BCUT2D eigenvalue weighted by Gasteiger charge is 2.32. The Kier molecular flexibility index (Phi) is 5.60. The number of ether oxygens (including phenoxy) is 3. The average molecular weight is 379 g/mol. The van der Waals surface area contributed by atoms with Crippen LogP contribution in [0.1, 0.15) is 17.2 Å². The number of nitrogens with zero attached hydrogens (tertiary/aromatic N) is 1. The molecule has 1 atom stereocenters. The van der Waals surface area contributed by atoms with E-state index in [-0.39, 0.29) is 16.2 Å². The number of aromatic amines is 2. The van der Waals surface area contributed by atoms with Crippen LogP contribution in [0.5, 0.6) is 17.4 Å². The van der Waals surface area contributed by atoms with Gasteiger partial charge in [-0.05, 0) is 18.3 Å². The predicted molar refractivity (Wildman–Crippen MR) is 97.7 cm³/mol. The van der Waals surface area contributed by atoms with E-state index in [2.05, 4.69) is 14.9 Å². The summed E-state index contributed by atoms with van der Waals surface area (Å²) >= 11 is 4.95. The third-order valence-corrected chi connectivity index (χ3v) is 4.58. The molecule has 0 unspecified atom stereocenters. The number of morpholine rings is 1. The first-order valence-electron chi connectivity index (χ1n) is 8.15. The second-order valence-corrected chi connectivity index (χ2v) is 6.21. The summed E-state index contributed by atoms with van der Waals surface area (Å²) in [6.07, 6.45) is 0. The van der Waals surface area contributed by atoms with Crippen LogP contribution in [0, 0.1) is 4.77 Å². The standard InChI is InChI=1S/C17H21N3O5S/c1-23-11-5-3-4-10(14(11)24-2)13(20-6-8-25-9-7-20)12-15(21)18-17(26)19-16(12)22/h3-5,13H,6-9H2,1-2H3,(H3,18,19,21,22,26)/t13-/m0/s1. The zero-order chi connectivity index (χ0) is 18.7. The van der Waals surface area contributed by atoms with Gasteiger partial charge in [0.1, 0.15) is 0 Å². The van der Waals surface area contributed by atoms with Crippen molar-refractivity contribution in [2.24, 2.45) is 0 Å². The number of methoxy groups -OCH3 is 2. The summed E-state index contributed by atoms with van der Waals surface area (Å²) in [5, 5.41) is 10.5. The minimum Gasteiger partial charge on any atom is -0.494 e. The summed E-state index contributed by atoms with van der Waals surface area (Å²) < 4.78 is 16.4. The van der Waals surface area contributed by atoms with E-state index in [0.29, 0.717) is 43.4 Å². The number of hydrogen-bond donors (Lipinski definition) is 3. The van der Waals surface area contributed by atoms with Crippen molar-refractivity contribution in [3.63, 3.8) is 0 Å². The van der Waals surface area contributed by atoms with Gasteiger partial charge in [-0.2, -0.15) is 0 Å². The minimum absolute atomic E-state index is 0.0644. The Bertz CT molecular complexity index is 889. The zero-order valence-electron chi connectivity index (χ0n) is 14.6. The van der Waals surface area contributed by atoms with Crippen LogP contribution in [0.3, 0.4) is 0 Å². The van der Waals surface area contributed by atoms with Crippen molar-refractivity contribution in [1.29, 1.82) is 0 Å². The lowest BCUT2D eigenvalue weighted by Crippen LogP contribution is -2.41. The Morgan fingerprint density at radius 1 is 1.23 bits per heavy atom. The Hall–Kier alpha value is -2.36. The van der Waals surface area contributed by atoms with Crippen LogP contribution in [0.25, 0.3) is 0 Å². The van der Waals surface area contributed by atoms with Gasteiger partial charge in [-0.25, -0.2) is 0 Å². The van der Waals surface area contributed by atoms with Crippen LogP contribution >= 0.6 is 12.2 Å². The third kappa shape index (κ3) is 3.46. The van der Waals surface area contributed by atoms with Crippen molar-refractivity contribution in [2.45, 2.75) is 6.04 Å². The van der Waals surface area contributed by atoms with Gasteiger partial charge in [-0.15, -0.1) is 0 Å². The van der Waals surface area contributed by atoms with E-state index in [0.717, 1.165) is 0 Å². The number of rotatable bonds is 5. The topological polar surface area (TPSA) is 99.8 Å². The molecule has 3 rings (SSSR count). The van der Waals surface area contributed by atoms with Crippen LogP contribution in [-0.4, -0.2) is 60.5 Å². The molecule has 1 aliphatic heterocycles. The van der Waals surface area contributed by atoms with Gasteiger partial charge < -0.3 is 24.3 Å². The maximum absolute atomic E-state index is 12.6. The molecule has 0 bridgehead atoms. The van der Waals surface area contributed by atoms with Crippen LogP contribution < -0.4 is 15.0 Å². The van der Waals surface area contributed by atoms with Crippen LogP contribution in [-0.2, 0) is 4.74 Å². The molecule has 8 nitrogen and oxygen atoms in total. The van der Waals surface area contributed by atoms with Crippen molar-refractivity contribution in [3.05, 3.63) is 44.5 Å². The second-order valence-electron chi connectivity index (χ2n) is 5.80. The molecule has 3 N–H and O–H groups in total. The number of hydrogen-bond acceptors (Lipinski definition) is 7. The first-order chi connectivity index (χ1) is 12.6. The van der Waals surface area contributed by atoms with E-state index in [1.807, 2.05) is 12.1 Å². The number of benzene rings is 1. The third-order valence-electron chi connectivity index (χ3n) is 4.37. The Balaban J connectivity index is 2.24. The SMILES string of the molecule is COc1cccc([C@@H](c2c(O)[nH]c(=S)[nH]c2=O)N2CCOCC2)c1OC. The van der Waals surface area contributed by atoms with Crippen molar-refractivity contribution < 1.29 is 19.3 Å². The van der Waals surface area contributed by atoms with E-state index < -0.39 is 11.6 Å². The average Bonchev–Trinajstić information content (AvgIpc) is 2.64. The summed E-state index contributed by atoms with van der Waals surface area (Å²) in [4.78, 5) is 19.9. The van der Waals surface area contributed by atoms with Gasteiger partial charge in [0.15, 0.2) is 16.3 Å². The maximum Gasteiger partial charge on any atom is 0.260 e. The summed E-state index contributed by atoms with van der Waals surface area (Å²) in [5.41, 5.74) is 0.430. The van der Waals surface area contributed by atoms with Crippen LogP contribution in [0.15, 0.2) is 23.0 Å². The summed E-state index contributed by atoms with van der Waals surface area (Å²) in [6.45, 7) is 2.26. The van der Waals surface area contributed by atoms with Gasteiger partial charge in [0.05, 0.1) is 39.0 Å². The lowest BCUT2D eigenvalue weighted by molar-refractivity contribution is 0.0227. The number of H-pyrrole nitrogens is 2. The fourth-order valence-electron chi connectivity index (χ4n) is 3.24. The summed E-state index contributed by atoms with van der Waals surface area (Å²) in [7, 11) is 3.09. The quantitative estimate of drug-likeness (QED) is 0.678. The molecule has 2 aromatic rings. The number of aromatic nitrogens is 2. The van der Waals surface area contributed by atoms with E-state index in [4.69, 9.17) is 26.4 Å². The Morgan fingerprint density at radius 3 is 2.58 bits per heavy atom. The fraction of sp³-hybridized carbons (Fsp3) is 0.412. The van der Waals surface area contributed by atoms with Crippen molar-refractivity contribution in [3.8, 4) is 17.4 Å². The molecule has 0 amide bonds. The Labute approximate surface area is 155 Å². The molecular weight excluding hydrogens is 358 g/mol. The van der Waals surface area contributed by atoms with Gasteiger partial charge in [0, 0.05) is 18.7 Å². The largest absolute Gasteiger partial charge is 0.494 e. The fourth-order valence-corrected chi connectivity index (χ4v) is 3.42. The minimum atomic E-state index is -0.556. The van der Waals surface area contributed by atoms with Gasteiger partial charge >= 0.3 is 0 Å². The second kappa shape index (κ2) is 7.90. The van der Waals surface area contributed by atoms with E-state index in [1.165, 1.54) is 0 Å². The molecule has 1 fully saturated rings. The lowest BCUT2D eigenvalue weighted by Gasteiger charge is -2.35. The van der Waals surface area contributed by atoms with Gasteiger partial charge in [-0.1, -0.05) is 12.1 Å². The highest BCUT2D eigenvalue weighted by atomic mass is 32.1. The molecule has 2 heterocycles. The predicted octanol–water partition coefficient (Wildman–Crippen LogP) is 1.58. The monoisotopic (exact) mass is 379 g/mol. The summed E-state index contributed by atoms with van der Waals surface area (Å²) in [6, 6.07) is 4.89. The molecule has 0 radical (unpaired) electrons. The molecular formula is C17H21N3O5S. The number of nitrogens with one attached hydrogen (secondary N) is 2. The molecule has 9 heteroatoms. The van der Waals surface area contributed by atoms with Crippen molar-refractivity contribution >= 4 is 12.2 Å². The van der Waals surface area contributed by atoms with Crippen molar-refractivity contribution in [2.75, 3.05) is 40.5 Å². The number of para-hydroxylation sites is 1. The number of aromatic hydroxyl groups is 1. The van der Waals surface area contributed by atoms with Crippen LogP contribution in [0.4, 0.5) is 0 Å². The first-order valence-corrected chi connectivity index (χ1v) is 8.55. The first kappa shape index (κ1) is 18.4. The van der Waals surface area contributed by atoms with Gasteiger partial charge in [-0.3, -0.25) is 14.7 Å². The van der Waals surface area contributed by atoms with Crippen LogP contribution in [0.2, 0.25) is 0 Å². The molecule has 0 saturated carbocycles. The molecule has 0 aliphatic carbocycles. The lowest BCUT2D eigenvalue weighted by atomic mass is 9.96. The molecule has 0 spiro atoms. The smallest absolute Gasteiger partial charge is 0.260 e. The highest BCUT2D eigenvalue weighted by Crippen LogP contribution is 2.40. The molecule has 1 saturated heterocycles. The molecule has 26 heavy (non-hydrogen) atoms. The van der Waals surface area contributed by atoms with Gasteiger partial charge in [0.25, 0.3) is 5.56 Å². The van der Waals surface area contributed by atoms with E-state index >= 15 is 0 Å². The Morgan fingerprint density at radius 2 is 1.96 bits per heavy atom. The normalized spacial score (nSPS) is 16.2. The zero-order valence-corrected chi connectivity index (χ0v) is 15.4. The molecule has 1 aromatic heterocycles.